The van der Waals surface area contributed by atoms with E-state index in [-0.39, 0.29) is 17.9 Å². The molecular formula is C19H17N3O3. The Hall–Kier alpha value is -3.12. The number of hydrogen-bond donors (Lipinski definition) is 1. The minimum absolute atomic E-state index is 0.0193. The van der Waals surface area contributed by atoms with Crippen molar-refractivity contribution in [1.29, 1.82) is 0 Å². The van der Waals surface area contributed by atoms with Crippen LogP contribution in [0.3, 0.4) is 0 Å². The zero-order valence-corrected chi connectivity index (χ0v) is 13.5. The number of nitro benzene ring substituents is 1. The van der Waals surface area contributed by atoms with Crippen LogP contribution in [0.2, 0.25) is 0 Å². The summed E-state index contributed by atoms with van der Waals surface area (Å²) in [6.45, 7) is 0. The Bertz CT molecular complexity index is 923. The molecule has 2 aromatic carbocycles. The van der Waals surface area contributed by atoms with Crippen molar-refractivity contribution in [3.05, 3.63) is 82.0 Å². The lowest BCUT2D eigenvalue weighted by Crippen LogP contribution is -2.33. The molecule has 0 aliphatic heterocycles. The van der Waals surface area contributed by atoms with Gasteiger partial charge in [0.1, 0.15) is 0 Å². The normalized spacial score (nSPS) is 12.0. The quantitative estimate of drug-likeness (QED) is 0.551. The molecule has 0 aliphatic carbocycles. The molecule has 3 rings (SSSR count). The molecule has 1 heterocycles. The number of ketones is 1. The lowest BCUT2D eigenvalue weighted by Gasteiger charge is -2.11. The fraction of sp³-hybridized carbons (Fsp3) is 0.158. The minimum atomic E-state index is -0.659. The number of benzene rings is 2. The van der Waals surface area contributed by atoms with Crippen molar-refractivity contribution in [2.24, 2.45) is 5.73 Å². The van der Waals surface area contributed by atoms with Gasteiger partial charge < -0.3 is 5.73 Å². The van der Waals surface area contributed by atoms with Gasteiger partial charge in [-0.1, -0.05) is 30.3 Å². The Morgan fingerprint density at radius 3 is 2.56 bits per heavy atom. The van der Waals surface area contributed by atoms with Crippen LogP contribution in [0.4, 0.5) is 5.69 Å². The number of fused-ring (bicyclic) bond motifs is 1. The van der Waals surface area contributed by atoms with Crippen molar-refractivity contribution in [3.8, 4) is 0 Å². The summed E-state index contributed by atoms with van der Waals surface area (Å²) in [6.07, 6.45) is 2.25. The highest BCUT2D eigenvalue weighted by Crippen LogP contribution is 2.15. The van der Waals surface area contributed by atoms with Crippen molar-refractivity contribution in [2.75, 3.05) is 0 Å². The van der Waals surface area contributed by atoms with E-state index in [0.717, 1.165) is 22.0 Å². The van der Waals surface area contributed by atoms with Gasteiger partial charge in [0.05, 0.1) is 16.5 Å². The van der Waals surface area contributed by atoms with Crippen LogP contribution in [0.5, 0.6) is 0 Å². The van der Waals surface area contributed by atoms with Crippen LogP contribution in [-0.4, -0.2) is 21.7 Å². The number of carbonyl (C=O) groups is 1. The Balaban J connectivity index is 1.66. The second-order valence-electron chi connectivity index (χ2n) is 5.91. The van der Waals surface area contributed by atoms with Crippen molar-refractivity contribution in [2.45, 2.75) is 18.9 Å². The van der Waals surface area contributed by atoms with Crippen molar-refractivity contribution in [1.82, 2.24) is 4.98 Å². The molecule has 126 valence electrons. The first-order valence-corrected chi connectivity index (χ1v) is 7.88. The van der Waals surface area contributed by atoms with Gasteiger partial charge >= 0.3 is 0 Å². The third kappa shape index (κ3) is 4.05. The van der Waals surface area contributed by atoms with E-state index in [1.165, 1.54) is 12.1 Å². The van der Waals surface area contributed by atoms with Gasteiger partial charge in [-0.05, 0) is 29.7 Å². The predicted molar refractivity (Wildman–Crippen MR) is 95.2 cm³/mol. The van der Waals surface area contributed by atoms with Crippen LogP contribution >= 0.6 is 0 Å². The van der Waals surface area contributed by atoms with Crippen molar-refractivity contribution in [3.63, 3.8) is 0 Å². The highest BCUT2D eigenvalue weighted by Gasteiger charge is 2.16. The number of pyridine rings is 1. The van der Waals surface area contributed by atoms with Crippen LogP contribution < -0.4 is 5.73 Å². The van der Waals surface area contributed by atoms with Crippen molar-refractivity contribution >= 4 is 22.4 Å². The molecule has 1 aromatic heterocycles. The first-order chi connectivity index (χ1) is 12.0. The maximum absolute atomic E-state index is 12.4. The molecule has 0 radical (unpaired) electrons. The molecule has 0 saturated carbocycles. The second kappa shape index (κ2) is 7.19. The van der Waals surface area contributed by atoms with E-state index in [0.29, 0.717) is 6.42 Å². The molecule has 3 aromatic rings. The highest BCUT2D eigenvalue weighted by atomic mass is 16.6. The van der Waals surface area contributed by atoms with Crippen LogP contribution in [0.1, 0.15) is 11.1 Å². The first kappa shape index (κ1) is 16.7. The maximum atomic E-state index is 12.4. The molecule has 6 heteroatoms. The summed E-state index contributed by atoms with van der Waals surface area (Å²) in [5.74, 6) is -0.0876. The standard InChI is InChI=1S/C19H17N3O3/c20-17(10-13-5-7-16(8-6-13)22(24)25)19(23)11-14-9-15-3-1-2-4-18(15)21-12-14/h1-9,12,17H,10-11,20H2. The third-order valence-corrected chi connectivity index (χ3v) is 4.04. The Morgan fingerprint density at radius 1 is 1.12 bits per heavy atom. The van der Waals surface area contributed by atoms with E-state index in [1.807, 2.05) is 30.3 Å². The zero-order chi connectivity index (χ0) is 17.8. The Labute approximate surface area is 144 Å². The van der Waals surface area contributed by atoms with E-state index in [1.54, 1.807) is 18.3 Å². The predicted octanol–water partition coefficient (Wildman–Crippen LogP) is 2.82. The summed E-state index contributed by atoms with van der Waals surface area (Å²) in [4.78, 5) is 26.9. The van der Waals surface area contributed by atoms with Crippen LogP contribution in [0.25, 0.3) is 10.9 Å². The fourth-order valence-corrected chi connectivity index (χ4v) is 2.67. The number of nitrogens with zero attached hydrogens (tertiary/aromatic N) is 2. The number of nitrogens with two attached hydrogens (primary N) is 1. The van der Waals surface area contributed by atoms with Gasteiger partial charge in [-0.25, -0.2) is 0 Å². The number of nitro groups is 1. The fourth-order valence-electron chi connectivity index (χ4n) is 2.67. The van der Waals surface area contributed by atoms with Crippen LogP contribution in [0.15, 0.2) is 60.8 Å². The lowest BCUT2D eigenvalue weighted by molar-refractivity contribution is -0.384. The molecule has 0 fully saturated rings. The van der Waals surface area contributed by atoms with Crippen molar-refractivity contribution < 1.29 is 9.72 Å². The lowest BCUT2D eigenvalue weighted by atomic mass is 9.98. The number of non-ortho nitro benzene ring substituents is 1. The number of aromatic nitrogens is 1. The SMILES string of the molecule is NC(Cc1ccc([N+](=O)[O-])cc1)C(=O)Cc1cnc2ccccc2c1. The molecule has 2 N–H and O–H groups in total. The monoisotopic (exact) mass is 335 g/mol. The average Bonchev–Trinajstić information content (AvgIpc) is 2.62. The van der Waals surface area contributed by atoms with E-state index < -0.39 is 11.0 Å². The smallest absolute Gasteiger partial charge is 0.269 e. The van der Waals surface area contributed by atoms with Gasteiger partial charge in [0.15, 0.2) is 5.78 Å². The summed E-state index contributed by atoms with van der Waals surface area (Å²) < 4.78 is 0. The number of rotatable bonds is 6. The van der Waals surface area contributed by atoms with E-state index in [2.05, 4.69) is 4.98 Å². The molecule has 6 nitrogen and oxygen atoms in total. The van der Waals surface area contributed by atoms with E-state index in [9.17, 15) is 14.9 Å². The largest absolute Gasteiger partial charge is 0.321 e. The zero-order valence-electron chi connectivity index (χ0n) is 13.5. The van der Waals surface area contributed by atoms with Crippen LogP contribution in [-0.2, 0) is 17.6 Å². The number of carbonyl (C=O) groups excluding carboxylic acids is 1. The topological polar surface area (TPSA) is 99.1 Å². The molecular weight excluding hydrogens is 318 g/mol. The summed E-state index contributed by atoms with van der Waals surface area (Å²) in [6, 6.07) is 15.1. The average molecular weight is 335 g/mol. The van der Waals surface area contributed by atoms with Gasteiger partial charge in [0.25, 0.3) is 5.69 Å². The summed E-state index contributed by atoms with van der Waals surface area (Å²) in [5.41, 5.74) is 8.52. The molecule has 0 bridgehead atoms. The molecule has 0 amide bonds. The van der Waals surface area contributed by atoms with Gasteiger partial charge in [0.2, 0.25) is 0 Å². The highest BCUT2D eigenvalue weighted by molar-refractivity contribution is 5.87. The van der Waals surface area contributed by atoms with Gasteiger partial charge in [-0.2, -0.15) is 0 Å². The maximum Gasteiger partial charge on any atom is 0.269 e. The Kier molecular flexibility index (Phi) is 4.81. The van der Waals surface area contributed by atoms with Gasteiger partial charge in [-0.3, -0.25) is 19.9 Å². The van der Waals surface area contributed by atoms with Crippen LogP contribution in [0, 0.1) is 10.1 Å². The molecule has 0 spiro atoms. The van der Waals surface area contributed by atoms with E-state index in [4.69, 9.17) is 5.73 Å². The summed E-state index contributed by atoms with van der Waals surface area (Å²) >= 11 is 0. The minimum Gasteiger partial charge on any atom is -0.321 e. The molecule has 1 unspecified atom stereocenters. The molecule has 25 heavy (non-hydrogen) atoms. The van der Waals surface area contributed by atoms with E-state index >= 15 is 0 Å². The number of Topliss-reactive ketones (excluding diaryl/α,β-unsaturated/α-hetero) is 1. The molecule has 0 aliphatic rings. The molecule has 1 atom stereocenters. The first-order valence-electron chi connectivity index (χ1n) is 7.88. The summed E-state index contributed by atoms with van der Waals surface area (Å²) in [7, 11) is 0. The van der Waals surface area contributed by atoms with Gasteiger partial charge in [0, 0.05) is 30.1 Å². The number of hydrogen-bond acceptors (Lipinski definition) is 5. The third-order valence-electron chi connectivity index (χ3n) is 4.04. The number of para-hydroxylation sites is 1. The van der Waals surface area contributed by atoms with Gasteiger partial charge in [-0.15, -0.1) is 0 Å². The Morgan fingerprint density at radius 2 is 1.84 bits per heavy atom. The second-order valence-corrected chi connectivity index (χ2v) is 5.91. The molecule has 0 saturated heterocycles. The summed E-state index contributed by atoms with van der Waals surface area (Å²) in [5, 5.41) is 11.6.